The molecule has 3 saturated heterocycles. The Morgan fingerprint density at radius 3 is 2.39 bits per heavy atom. The normalized spacial score (nSPS) is 34.3. The van der Waals surface area contributed by atoms with Crippen LogP contribution >= 0.6 is 0 Å². The molecule has 0 spiro atoms. The summed E-state index contributed by atoms with van der Waals surface area (Å²) in [6.07, 6.45) is 6.81. The fourth-order valence-corrected chi connectivity index (χ4v) is 6.70. The third kappa shape index (κ3) is 3.23. The van der Waals surface area contributed by atoms with Gasteiger partial charge in [0.05, 0.1) is 6.10 Å². The minimum absolute atomic E-state index is 0.0387. The number of nitrogens with zero attached hydrogens (tertiary/aromatic N) is 3. The Morgan fingerprint density at radius 1 is 0.935 bits per heavy atom. The summed E-state index contributed by atoms with van der Waals surface area (Å²) in [4.78, 5) is 43.4. The first-order valence-corrected chi connectivity index (χ1v) is 12.0. The van der Waals surface area contributed by atoms with E-state index < -0.39 is 0 Å². The summed E-state index contributed by atoms with van der Waals surface area (Å²) in [6.45, 7) is 2.00. The minimum atomic E-state index is -0.343. The van der Waals surface area contributed by atoms with E-state index in [1.54, 1.807) is 6.07 Å². The molecule has 2 amide bonds. The number of hydrogen-bond acceptors (Lipinski definition) is 4. The van der Waals surface area contributed by atoms with E-state index in [1.165, 1.54) is 0 Å². The number of aliphatic hydroxyl groups is 1. The Balaban J connectivity index is 1.29. The highest BCUT2D eigenvalue weighted by atomic mass is 16.3. The van der Waals surface area contributed by atoms with Crippen molar-refractivity contribution in [3.63, 3.8) is 0 Å². The third-order valence-electron chi connectivity index (χ3n) is 8.26. The number of fused-ring (bicyclic) bond motifs is 6. The van der Waals surface area contributed by atoms with Crippen molar-refractivity contribution in [2.75, 3.05) is 13.1 Å². The Morgan fingerprint density at radius 2 is 1.68 bits per heavy atom. The first kappa shape index (κ1) is 19.5. The third-order valence-corrected chi connectivity index (χ3v) is 8.26. The van der Waals surface area contributed by atoms with Crippen LogP contribution in [0.3, 0.4) is 0 Å². The van der Waals surface area contributed by atoms with Gasteiger partial charge in [-0.3, -0.25) is 14.4 Å². The van der Waals surface area contributed by atoms with Crippen LogP contribution in [0, 0.1) is 11.8 Å². The van der Waals surface area contributed by atoms with Gasteiger partial charge in [0.15, 0.2) is 0 Å². The average Bonchev–Trinajstić information content (AvgIpc) is 3.58. The van der Waals surface area contributed by atoms with E-state index in [2.05, 4.69) is 0 Å². The van der Waals surface area contributed by atoms with Crippen LogP contribution in [0.25, 0.3) is 0 Å². The van der Waals surface area contributed by atoms with E-state index in [0.29, 0.717) is 25.9 Å². The van der Waals surface area contributed by atoms with E-state index >= 15 is 0 Å². The smallest absolute Gasteiger partial charge is 0.263 e. The van der Waals surface area contributed by atoms with E-state index in [4.69, 9.17) is 0 Å². The number of likely N-dealkylation sites (tertiary alicyclic amines) is 1. The number of hydrogen-bond donors (Lipinski definition) is 1. The van der Waals surface area contributed by atoms with Crippen LogP contribution in [0.5, 0.6) is 0 Å². The molecule has 6 rings (SSSR count). The second-order valence-corrected chi connectivity index (χ2v) is 10.5. The molecule has 1 saturated carbocycles. The first-order chi connectivity index (χ1) is 15.0. The summed E-state index contributed by atoms with van der Waals surface area (Å²) in [5.74, 6) is 0.806. The number of amides is 2. The number of rotatable bonds is 2. The molecule has 0 radical (unpaired) electrons. The highest BCUT2D eigenvalue weighted by molar-refractivity contribution is 5.94. The van der Waals surface area contributed by atoms with Gasteiger partial charge in [0.2, 0.25) is 5.91 Å². The molecule has 0 aromatic carbocycles. The van der Waals surface area contributed by atoms with Gasteiger partial charge in [-0.2, -0.15) is 0 Å². The lowest BCUT2D eigenvalue weighted by molar-refractivity contribution is -0.135. The first-order valence-electron chi connectivity index (χ1n) is 12.0. The minimum Gasteiger partial charge on any atom is -0.393 e. The largest absolute Gasteiger partial charge is 0.393 e. The lowest BCUT2D eigenvalue weighted by Gasteiger charge is -2.48. The molecule has 5 heterocycles. The maximum Gasteiger partial charge on any atom is 0.263 e. The predicted octanol–water partition coefficient (Wildman–Crippen LogP) is 1.72. The van der Waals surface area contributed by atoms with Gasteiger partial charge in [-0.25, -0.2) is 0 Å². The summed E-state index contributed by atoms with van der Waals surface area (Å²) >= 11 is 0. The van der Waals surface area contributed by atoms with Gasteiger partial charge in [0.1, 0.15) is 5.56 Å². The molecular formula is C24H31N3O4. The van der Waals surface area contributed by atoms with Gasteiger partial charge in [-0.1, -0.05) is 0 Å². The second-order valence-electron chi connectivity index (χ2n) is 10.5. The molecule has 166 valence electrons. The fourth-order valence-electron chi connectivity index (χ4n) is 6.70. The predicted molar refractivity (Wildman–Crippen MR) is 114 cm³/mol. The maximum absolute atomic E-state index is 13.5. The van der Waals surface area contributed by atoms with Crippen LogP contribution < -0.4 is 5.56 Å². The Labute approximate surface area is 182 Å². The molecular weight excluding hydrogens is 394 g/mol. The standard InChI is InChI=1S/C24H31N3O4/c28-19-9-17-2-1-3-18(10-19)27(17)24(31)20-6-7-21-16-8-14(12-26(21)23(20)30)11-25(13-16)22(29)15-4-5-15/h6-7,14-19,28H,1-5,8-13H2/t14-,16+,17-,18+,19?/m0/s1. The summed E-state index contributed by atoms with van der Waals surface area (Å²) in [6, 6.07) is 3.75. The van der Waals surface area contributed by atoms with Crippen LogP contribution in [0.2, 0.25) is 0 Å². The van der Waals surface area contributed by atoms with Gasteiger partial charge in [-0.15, -0.1) is 0 Å². The van der Waals surface area contributed by atoms with E-state index in [9.17, 15) is 19.5 Å². The number of carbonyl (C=O) groups is 2. The number of aromatic nitrogens is 1. The zero-order valence-corrected chi connectivity index (χ0v) is 17.9. The number of pyridine rings is 1. The van der Waals surface area contributed by atoms with E-state index in [-0.39, 0.29) is 58.9 Å². The fraction of sp³-hybridized carbons (Fsp3) is 0.708. The van der Waals surface area contributed by atoms with Crippen LogP contribution in [0.1, 0.15) is 73.3 Å². The van der Waals surface area contributed by atoms with Crippen LogP contribution in [-0.2, 0) is 11.3 Å². The molecule has 1 N–H and O–H groups in total. The van der Waals surface area contributed by atoms with Gasteiger partial charge in [0, 0.05) is 49.2 Å². The highest BCUT2D eigenvalue weighted by Gasteiger charge is 2.43. The van der Waals surface area contributed by atoms with Crippen LogP contribution in [0.4, 0.5) is 0 Å². The van der Waals surface area contributed by atoms with Crippen molar-refractivity contribution in [2.24, 2.45) is 11.8 Å². The van der Waals surface area contributed by atoms with Gasteiger partial charge < -0.3 is 19.5 Å². The molecule has 7 heteroatoms. The van der Waals surface area contributed by atoms with Crippen molar-refractivity contribution in [3.8, 4) is 0 Å². The van der Waals surface area contributed by atoms with Crippen molar-refractivity contribution < 1.29 is 14.7 Å². The zero-order valence-electron chi connectivity index (χ0n) is 17.9. The number of aliphatic hydroxyl groups excluding tert-OH is 1. The molecule has 4 aliphatic heterocycles. The molecule has 5 aliphatic rings. The van der Waals surface area contributed by atoms with Crippen LogP contribution in [0.15, 0.2) is 16.9 Å². The summed E-state index contributed by atoms with van der Waals surface area (Å²) in [7, 11) is 0. The van der Waals surface area contributed by atoms with E-state index in [0.717, 1.165) is 50.8 Å². The molecule has 7 nitrogen and oxygen atoms in total. The molecule has 1 aliphatic carbocycles. The van der Waals surface area contributed by atoms with Gasteiger partial charge in [-0.05, 0) is 69.4 Å². The van der Waals surface area contributed by atoms with Crippen molar-refractivity contribution in [1.29, 1.82) is 0 Å². The molecule has 1 unspecified atom stereocenters. The highest BCUT2D eigenvalue weighted by Crippen LogP contribution is 2.39. The summed E-state index contributed by atoms with van der Waals surface area (Å²) < 4.78 is 1.82. The molecule has 4 bridgehead atoms. The van der Waals surface area contributed by atoms with E-state index in [1.807, 2.05) is 20.4 Å². The van der Waals surface area contributed by atoms with Crippen molar-refractivity contribution >= 4 is 11.8 Å². The molecule has 31 heavy (non-hydrogen) atoms. The zero-order chi connectivity index (χ0) is 21.3. The van der Waals surface area contributed by atoms with Crippen molar-refractivity contribution in [2.45, 2.75) is 82.0 Å². The SMILES string of the molecule is O=C(C1CC1)N1C[C@@H]2C[C@H](C1)c1ccc(C(=O)N3[C@@H]4CCC[C@H]3CC(O)C4)c(=O)n1C2. The molecule has 4 fully saturated rings. The Bertz CT molecular complexity index is 970. The summed E-state index contributed by atoms with van der Waals surface area (Å²) in [5.41, 5.74) is 1.06. The Kier molecular flexibility index (Phi) is 4.53. The summed E-state index contributed by atoms with van der Waals surface area (Å²) in [5, 5.41) is 10.2. The quantitative estimate of drug-likeness (QED) is 0.782. The lowest BCUT2D eigenvalue weighted by Crippen LogP contribution is -2.57. The average molecular weight is 426 g/mol. The molecule has 1 aromatic heterocycles. The number of carbonyl (C=O) groups excluding carboxylic acids is 2. The van der Waals surface area contributed by atoms with Gasteiger partial charge >= 0.3 is 0 Å². The number of piperidine rings is 3. The van der Waals surface area contributed by atoms with Gasteiger partial charge in [0.25, 0.3) is 11.5 Å². The topological polar surface area (TPSA) is 82.9 Å². The molecule has 1 aromatic rings. The van der Waals surface area contributed by atoms with Crippen molar-refractivity contribution in [1.82, 2.24) is 14.4 Å². The molecule has 5 atom stereocenters. The van der Waals surface area contributed by atoms with Crippen LogP contribution in [-0.4, -0.2) is 62.6 Å². The second kappa shape index (κ2) is 7.19. The van der Waals surface area contributed by atoms with Crippen molar-refractivity contribution in [3.05, 3.63) is 33.7 Å². The maximum atomic E-state index is 13.5. The Hall–Kier alpha value is -2.15. The monoisotopic (exact) mass is 425 g/mol. The lowest BCUT2D eigenvalue weighted by atomic mass is 9.82.